The van der Waals surface area contributed by atoms with Gasteiger partial charge in [-0.3, -0.25) is 9.59 Å². The van der Waals surface area contributed by atoms with Gasteiger partial charge in [-0.05, 0) is 29.7 Å². The first-order valence-electron chi connectivity index (χ1n) is 9.59. The van der Waals surface area contributed by atoms with Gasteiger partial charge in [-0.25, -0.2) is 0 Å². The fraction of sp³-hybridized carbons (Fsp3) is 0.167. The lowest BCUT2D eigenvalue weighted by molar-refractivity contribution is -0.136. The third-order valence-corrected chi connectivity index (χ3v) is 5.35. The van der Waals surface area contributed by atoms with Crippen molar-refractivity contribution in [2.45, 2.75) is 18.9 Å². The number of carbonyl (C=O) groups excluding carboxylic acids is 2. The van der Waals surface area contributed by atoms with Crippen LogP contribution in [0.4, 0.5) is 5.69 Å². The highest BCUT2D eigenvalue weighted by Gasteiger charge is 2.33. The zero-order chi connectivity index (χ0) is 20.2. The standard InChI is InChI=1S/C24H21ClN2O2/c25-19-12-13-20-21(15-19)26-22(28)16-27(24(20)18-9-5-2-6-10-18)23(29)14-11-17-7-3-1-4-8-17/h1-10,12-13,15,24H,11,14,16H2,(H,26,28). The van der Waals surface area contributed by atoms with Crippen molar-refractivity contribution in [2.24, 2.45) is 0 Å². The number of nitrogens with one attached hydrogen (secondary N) is 1. The van der Waals surface area contributed by atoms with E-state index in [0.29, 0.717) is 23.6 Å². The molecule has 1 aliphatic heterocycles. The number of fused-ring (bicyclic) bond motifs is 1. The van der Waals surface area contributed by atoms with Crippen molar-refractivity contribution in [3.8, 4) is 0 Å². The van der Waals surface area contributed by atoms with E-state index in [4.69, 9.17) is 11.6 Å². The number of hydrogen-bond acceptors (Lipinski definition) is 2. The maximum Gasteiger partial charge on any atom is 0.244 e. The van der Waals surface area contributed by atoms with E-state index in [1.807, 2.05) is 66.7 Å². The molecule has 0 saturated carbocycles. The van der Waals surface area contributed by atoms with Gasteiger partial charge < -0.3 is 10.2 Å². The van der Waals surface area contributed by atoms with Gasteiger partial charge >= 0.3 is 0 Å². The molecular formula is C24H21ClN2O2. The molecule has 0 fully saturated rings. The Bertz CT molecular complexity index is 1020. The molecular weight excluding hydrogens is 384 g/mol. The van der Waals surface area contributed by atoms with Crippen molar-refractivity contribution < 1.29 is 9.59 Å². The molecule has 2 amide bonds. The minimum absolute atomic E-state index is 0.000513. The number of benzene rings is 3. The molecule has 0 aromatic heterocycles. The second kappa shape index (κ2) is 8.50. The summed E-state index contributed by atoms with van der Waals surface area (Å²) in [6.45, 7) is -0.000513. The van der Waals surface area contributed by atoms with Crippen molar-refractivity contribution >= 4 is 29.1 Å². The topological polar surface area (TPSA) is 49.4 Å². The monoisotopic (exact) mass is 404 g/mol. The Kier molecular flexibility index (Phi) is 5.63. The van der Waals surface area contributed by atoms with E-state index < -0.39 is 0 Å². The van der Waals surface area contributed by atoms with Crippen LogP contribution in [0.2, 0.25) is 5.02 Å². The van der Waals surface area contributed by atoms with E-state index >= 15 is 0 Å². The summed E-state index contributed by atoms with van der Waals surface area (Å²) in [4.78, 5) is 27.5. The number of carbonyl (C=O) groups is 2. The lowest BCUT2D eigenvalue weighted by Crippen LogP contribution is -2.39. The summed E-state index contributed by atoms with van der Waals surface area (Å²) in [5, 5.41) is 3.45. The third-order valence-electron chi connectivity index (χ3n) is 5.12. The quantitative estimate of drug-likeness (QED) is 0.676. The lowest BCUT2D eigenvalue weighted by atomic mass is 9.95. The molecule has 146 valence electrons. The Morgan fingerprint density at radius 3 is 2.41 bits per heavy atom. The second-order valence-electron chi connectivity index (χ2n) is 7.10. The average molecular weight is 405 g/mol. The van der Waals surface area contributed by atoms with Gasteiger partial charge in [-0.1, -0.05) is 78.3 Å². The van der Waals surface area contributed by atoms with Crippen LogP contribution in [0.25, 0.3) is 0 Å². The van der Waals surface area contributed by atoms with Gasteiger partial charge in [0.15, 0.2) is 0 Å². The summed E-state index contributed by atoms with van der Waals surface area (Å²) < 4.78 is 0. The van der Waals surface area contributed by atoms with Crippen LogP contribution >= 0.6 is 11.6 Å². The first-order chi connectivity index (χ1) is 14.1. The van der Waals surface area contributed by atoms with Gasteiger partial charge in [0.05, 0.1) is 6.04 Å². The number of halogens is 1. The highest BCUT2D eigenvalue weighted by atomic mass is 35.5. The van der Waals surface area contributed by atoms with Crippen molar-refractivity contribution in [3.05, 3.63) is 101 Å². The Morgan fingerprint density at radius 2 is 1.69 bits per heavy atom. The smallest absolute Gasteiger partial charge is 0.244 e. The molecule has 0 spiro atoms. The summed E-state index contributed by atoms with van der Waals surface area (Å²) in [6.07, 6.45) is 0.969. The van der Waals surface area contributed by atoms with E-state index in [-0.39, 0.29) is 24.4 Å². The number of anilines is 1. The van der Waals surface area contributed by atoms with Crippen LogP contribution in [-0.4, -0.2) is 23.3 Å². The molecule has 0 saturated heterocycles. The Balaban J connectivity index is 1.70. The van der Waals surface area contributed by atoms with Gasteiger partial charge in [0.1, 0.15) is 6.54 Å². The molecule has 0 bridgehead atoms. The first-order valence-corrected chi connectivity index (χ1v) is 9.97. The molecule has 4 rings (SSSR count). The molecule has 29 heavy (non-hydrogen) atoms. The predicted octanol–water partition coefficient (Wildman–Crippen LogP) is 4.84. The van der Waals surface area contributed by atoms with Gasteiger partial charge in [0, 0.05) is 22.7 Å². The fourth-order valence-electron chi connectivity index (χ4n) is 3.75. The SMILES string of the molecule is O=C1CN(C(=O)CCc2ccccc2)C(c2ccccc2)c2ccc(Cl)cc2N1. The summed E-state index contributed by atoms with van der Waals surface area (Å²) in [7, 11) is 0. The molecule has 0 radical (unpaired) electrons. The van der Waals surface area contributed by atoms with Crippen LogP contribution in [0.15, 0.2) is 78.9 Å². The van der Waals surface area contributed by atoms with Crippen molar-refractivity contribution in [3.63, 3.8) is 0 Å². The van der Waals surface area contributed by atoms with Crippen LogP contribution in [-0.2, 0) is 16.0 Å². The van der Waals surface area contributed by atoms with Gasteiger partial charge in [0.2, 0.25) is 11.8 Å². The highest BCUT2D eigenvalue weighted by Crippen LogP contribution is 2.37. The van der Waals surface area contributed by atoms with Crippen molar-refractivity contribution in [2.75, 3.05) is 11.9 Å². The third kappa shape index (κ3) is 4.33. The largest absolute Gasteiger partial charge is 0.324 e. The molecule has 1 aliphatic rings. The van der Waals surface area contributed by atoms with Gasteiger partial charge in [-0.2, -0.15) is 0 Å². The molecule has 1 N–H and O–H groups in total. The summed E-state index contributed by atoms with van der Waals surface area (Å²) >= 11 is 6.16. The number of amides is 2. The van der Waals surface area contributed by atoms with E-state index in [9.17, 15) is 9.59 Å². The van der Waals surface area contributed by atoms with Crippen molar-refractivity contribution in [1.29, 1.82) is 0 Å². The van der Waals surface area contributed by atoms with Gasteiger partial charge in [-0.15, -0.1) is 0 Å². The molecule has 5 heteroatoms. The Labute approximate surface area is 175 Å². The number of rotatable bonds is 4. The van der Waals surface area contributed by atoms with E-state index in [0.717, 1.165) is 16.7 Å². The average Bonchev–Trinajstić information content (AvgIpc) is 2.88. The number of nitrogens with zero attached hydrogens (tertiary/aromatic N) is 1. The van der Waals surface area contributed by atoms with E-state index in [1.165, 1.54) is 0 Å². The van der Waals surface area contributed by atoms with Crippen LogP contribution in [0.3, 0.4) is 0 Å². The second-order valence-corrected chi connectivity index (χ2v) is 7.54. The molecule has 1 heterocycles. The first kappa shape index (κ1) is 19.2. The van der Waals surface area contributed by atoms with Crippen LogP contribution < -0.4 is 5.32 Å². The summed E-state index contributed by atoms with van der Waals surface area (Å²) in [6, 6.07) is 24.8. The van der Waals surface area contributed by atoms with Crippen LogP contribution in [0, 0.1) is 0 Å². The van der Waals surface area contributed by atoms with E-state index in [2.05, 4.69) is 5.32 Å². The van der Waals surface area contributed by atoms with Gasteiger partial charge in [0.25, 0.3) is 0 Å². The Hall–Kier alpha value is -3.11. The molecule has 0 aliphatic carbocycles. The Morgan fingerprint density at radius 1 is 1.00 bits per heavy atom. The maximum atomic E-state index is 13.3. The highest BCUT2D eigenvalue weighted by molar-refractivity contribution is 6.31. The number of hydrogen-bond donors (Lipinski definition) is 1. The fourth-order valence-corrected chi connectivity index (χ4v) is 3.92. The zero-order valence-corrected chi connectivity index (χ0v) is 16.6. The van der Waals surface area contributed by atoms with Crippen LogP contribution in [0.5, 0.6) is 0 Å². The van der Waals surface area contributed by atoms with Crippen molar-refractivity contribution in [1.82, 2.24) is 4.90 Å². The normalized spacial score (nSPS) is 16.0. The van der Waals surface area contributed by atoms with E-state index in [1.54, 1.807) is 17.0 Å². The molecule has 3 aromatic carbocycles. The number of aryl methyl sites for hydroxylation is 1. The molecule has 1 atom stereocenters. The predicted molar refractivity (Wildman–Crippen MR) is 115 cm³/mol. The summed E-state index contributed by atoms with van der Waals surface area (Å²) in [5.74, 6) is -0.277. The maximum absolute atomic E-state index is 13.3. The molecule has 3 aromatic rings. The minimum Gasteiger partial charge on any atom is -0.324 e. The zero-order valence-electron chi connectivity index (χ0n) is 15.8. The molecule has 4 nitrogen and oxygen atoms in total. The molecule has 1 unspecified atom stereocenters. The van der Waals surface area contributed by atoms with Crippen LogP contribution in [0.1, 0.15) is 29.2 Å². The minimum atomic E-state index is -0.356. The summed E-state index contributed by atoms with van der Waals surface area (Å²) in [5.41, 5.74) is 3.57. The lowest BCUT2D eigenvalue weighted by Gasteiger charge is -2.30.